The van der Waals surface area contributed by atoms with Crippen LogP contribution in [0, 0.1) is 10.1 Å². The number of benzene rings is 1. The fourth-order valence-corrected chi connectivity index (χ4v) is 4.14. The van der Waals surface area contributed by atoms with E-state index in [1.807, 2.05) is 12.1 Å². The molecule has 33 heavy (non-hydrogen) atoms. The molecule has 0 aliphatic heterocycles. The summed E-state index contributed by atoms with van der Waals surface area (Å²) in [5.41, 5.74) is 7.78. The van der Waals surface area contributed by atoms with Crippen molar-refractivity contribution in [2.24, 2.45) is 5.73 Å². The Kier molecular flexibility index (Phi) is 8.67. The van der Waals surface area contributed by atoms with Gasteiger partial charge in [-0.05, 0) is 41.5 Å². The molecular weight excluding hydrogens is 448 g/mol. The number of nitrogens with two attached hydrogens (primary N) is 1. The number of carbonyl (C=O) groups is 2. The van der Waals surface area contributed by atoms with Crippen molar-refractivity contribution in [2.75, 3.05) is 11.9 Å². The van der Waals surface area contributed by atoms with Gasteiger partial charge in [-0.15, -0.1) is 21.5 Å². The number of anilines is 1. The number of rotatable bonds is 13. The summed E-state index contributed by atoms with van der Waals surface area (Å²) in [5, 5.41) is 14.3. The van der Waals surface area contributed by atoms with E-state index >= 15 is 0 Å². The van der Waals surface area contributed by atoms with Crippen LogP contribution < -0.4 is 11.1 Å². The second-order valence-electron chi connectivity index (χ2n) is 7.27. The predicted molar refractivity (Wildman–Crippen MR) is 123 cm³/mol. The smallest absolute Gasteiger partial charge is 0.306 e. The average Bonchev–Trinajstić information content (AvgIpc) is 3.20. The van der Waals surface area contributed by atoms with Crippen molar-refractivity contribution in [3.8, 4) is 0 Å². The highest BCUT2D eigenvalue weighted by Crippen LogP contribution is 2.30. The predicted octanol–water partition coefficient (Wildman–Crippen LogP) is 3.40. The number of hydrogen-bond acceptors (Lipinski definition) is 10. The van der Waals surface area contributed by atoms with Crippen molar-refractivity contribution in [1.29, 1.82) is 0 Å². The highest BCUT2D eigenvalue weighted by molar-refractivity contribution is 7.22. The Bertz CT molecular complexity index is 1050. The molecule has 0 amide bonds. The maximum atomic E-state index is 11.8. The summed E-state index contributed by atoms with van der Waals surface area (Å²) >= 11 is 1.51. The Labute approximate surface area is 193 Å². The lowest BCUT2D eigenvalue weighted by molar-refractivity contribution is -0.757. The number of pyridine rings is 1. The first-order valence-electron chi connectivity index (χ1n) is 10.3. The van der Waals surface area contributed by atoms with Crippen LogP contribution in [0.4, 0.5) is 5.00 Å². The van der Waals surface area contributed by atoms with Crippen LogP contribution in [0.5, 0.6) is 0 Å². The molecular formula is C22H24N4O6S. The summed E-state index contributed by atoms with van der Waals surface area (Å²) in [6.45, 7) is 0.0487. The Morgan fingerprint density at radius 3 is 2.76 bits per heavy atom. The third-order valence-electron chi connectivity index (χ3n) is 4.90. The Morgan fingerprint density at radius 1 is 1.27 bits per heavy atom. The average molecular weight is 473 g/mol. The number of nitrogens with one attached hydrogen (secondary N) is 1. The van der Waals surface area contributed by atoms with E-state index in [1.165, 1.54) is 11.3 Å². The van der Waals surface area contributed by atoms with Crippen molar-refractivity contribution in [3.05, 3.63) is 70.0 Å². The standard InChI is InChI=1S/C22H24N4O6S/c23-22(25-20-11-17-8-9-24-12-19(17)33-20)18(13-27)16-6-4-15(5-7-16)14-31-21(28)3-1-2-10-32-26(29)30/h4-9,11-13,18,22,25H,1-3,10,14,23H2/t18-,22-/m0/s1. The SMILES string of the molecule is N[C@@H](Nc1cc2ccncc2s1)[C@@H](C=O)c1ccc(COC(=O)CCCCO[N+](=O)[O-])cc1. The molecule has 2 aromatic heterocycles. The summed E-state index contributed by atoms with van der Waals surface area (Å²) in [4.78, 5) is 41.9. The molecule has 3 aromatic rings. The number of ether oxygens (including phenoxy) is 1. The number of thiophene rings is 1. The van der Waals surface area contributed by atoms with E-state index in [2.05, 4.69) is 15.1 Å². The van der Waals surface area contributed by atoms with Crippen LogP contribution in [0.15, 0.2) is 48.8 Å². The van der Waals surface area contributed by atoms with Crippen molar-refractivity contribution >= 4 is 38.7 Å². The zero-order valence-electron chi connectivity index (χ0n) is 17.7. The van der Waals surface area contributed by atoms with Gasteiger partial charge in [0.2, 0.25) is 0 Å². The highest BCUT2D eigenvalue weighted by Gasteiger charge is 2.20. The van der Waals surface area contributed by atoms with Crippen molar-refractivity contribution in [1.82, 2.24) is 4.98 Å². The monoisotopic (exact) mass is 472 g/mol. The molecule has 11 heteroatoms. The van der Waals surface area contributed by atoms with E-state index in [9.17, 15) is 19.7 Å². The number of carbonyl (C=O) groups excluding carboxylic acids is 2. The molecule has 0 bridgehead atoms. The van der Waals surface area contributed by atoms with E-state index in [0.29, 0.717) is 12.8 Å². The fraction of sp³-hybridized carbons (Fsp3) is 0.318. The summed E-state index contributed by atoms with van der Waals surface area (Å²) in [6.07, 6.45) is 4.68. The van der Waals surface area contributed by atoms with E-state index in [0.717, 1.165) is 32.5 Å². The minimum atomic E-state index is -0.859. The quantitative estimate of drug-likeness (QED) is 0.0954. The molecule has 174 valence electrons. The second-order valence-corrected chi connectivity index (χ2v) is 8.36. The molecule has 1 aromatic carbocycles. The van der Waals surface area contributed by atoms with Crippen LogP contribution in [0.2, 0.25) is 0 Å². The Morgan fingerprint density at radius 2 is 2.06 bits per heavy atom. The highest BCUT2D eigenvalue weighted by atomic mass is 32.1. The number of hydrogen-bond donors (Lipinski definition) is 2. The number of aldehydes is 1. The third kappa shape index (κ3) is 7.22. The van der Waals surface area contributed by atoms with Gasteiger partial charge in [-0.3, -0.25) is 9.78 Å². The molecule has 3 N–H and O–H groups in total. The molecule has 3 rings (SSSR count). The molecule has 0 aliphatic rings. The van der Waals surface area contributed by atoms with E-state index in [-0.39, 0.29) is 19.6 Å². The van der Waals surface area contributed by atoms with Crippen LogP contribution in [0.25, 0.3) is 10.1 Å². The Hall–Kier alpha value is -3.57. The minimum absolute atomic E-state index is 0.0449. The lowest BCUT2D eigenvalue weighted by atomic mass is 9.96. The molecule has 0 fully saturated rings. The summed E-state index contributed by atoms with van der Waals surface area (Å²) in [7, 11) is 0. The summed E-state index contributed by atoms with van der Waals surface area (Å²) in [6, 6.07) is 11.0. The first-order chi connectivity index (χ1) is 16.0. The number of fused-ring (bicyclic) bond motifs is 1. The van der Waals surface area contributed by atoms with E-state index in [4.69, 9.17) is 10.5 Å². The van der Waals surface area contributed by atoms with Gasteiger partial charge in [0.15, 0.2) is 0 Å². The number of esters is 1. The summed E-state index contributed by atoms with van der Waals surface area (Å²) in [5.74, 6) is -0.956. The first kappa shape index (κ1) is 24.1. The molecule has 2 atom stereocenters. The van der Waals surface area contributed by atoms with Gasteiger partial charge < -0.3 is 25.4 Å². The first-order valence-corrected chi connectivity index (χ1v) is 11.1. The number of unbranched alkanes of at least 4 members (excludes halogenated alkanes) is 1. The molecule has 0 saturated heterocycles. The van der Waals surface area contributed by atoms with Crippen LogP contribution >= 0.6 is 11.3 Å². The van der Waals surface area contributed by atoms with Crippen molar-refractivity contribution in [2.45, 2.75) is 38.0 Å². The molecule has 0 spiro atoms. The third-order valence-corrected chi connectivity index (χ3v) is 5.92. The van der Waals surface area contributed by atoms with Gasteiger partial charge in [0.1, 0.15) is 12.9 Å². The van der Waals surface area contributed by atoms with Crippen LogP contribution in [0.1, 0.15) is 36.3 Å². The maximum Gasteiger partial charge on any atom is 0.306 e. The molecule has 0 saturated carbocycles. The van der Waals surface area contributed by atoms with Crippen molar-refractivity contribution in [3.63, 3.8) is 0 Å². The zero-order valence-corrected chi connectivity index (χ0v) is 18.5. The summed E-state index contributed by atoms with van der Waals surface area (Å²) < 4.78 is 6.24. The van der Waals surface area contributed by atoms with Gasteiger partial charge in [-0.1, -0.05) is 24.3 Å². The largest absolute Gasteiger partial charge is 0.461 e. The molecule has 10 nitrogen and oxygen atoms in total. The van der Waals surface area contributed by atoms with Crippen LogP contribution in [-0.4, -0.2) is 35.1 Å². The molecule has 0 unspecified atom stereocenters. The van der Waals surface area contributed by atoms with Gasteiger partial charge in [0.05, 0.1) is 28.4 Å². The van der Waals surface area contributed by atoms with E-state index < -0.39 is 23.1 Å². The number of nitrogens with zero attached hydrogens (tertiary/aromatic N) is 2. The van der Waals surface area contributed by atoms with Gasteiger partial charge in [-0.2, -0.15) is 0 Å². The molecule has 0 radical (unpaired) electrons. The molecule has 0 aliphatic carbocycles. The zero-order chi connectivity index (χ0) is 23.6. The lowest BCUT2D eigenvalue weighted by Crippen LogP contribution is -2.36. The van der Waals surface area contributed by atoms with E-state index in [1.54, 1.807) is 36.7 Å². The normalized spacial score (nSPS) is 12.6. The minimum Gasteiger partial charge on any atom is -0.461 e. The van der Waals surface area contributed by atoms with Crippen LogP contribution in [0.3, 0.4) is 0 Å². The number of aromatic nitrogens is 1. The Balaban J connectivity index is 1.48. The fourth-order valence-electron chi connectivity index (χ4n) is 3.16. The van der Waals surface area contributed by atoms with Gasteiger partial charge in [0.25, 0.3) is 5.09 Å². The topological polar surface area (TPSA) is 147 Å². The van der Waals surface area contributed by atoms with Gasteiger partial charge >= 0.3 is 5.97 Å². The van der Waals surface area contributed by atoms with Gasteiger partial charge in [-0.25, -0.2) is 0 Å². The second kappa shape index (κ2) is 11.9. The van der Waals surface area contributed by atoms with Gasteiger partial charge in [0, 0.05) is 18.8 Å². The molecule has 2 heterocycles. The lowest BCUT2D eigenvalue weighted by Gasteiger charge is -2.21. The van der Waals surface area contributed by atoms with Crippen LogP contribution in [-0.2, 0) is 25.8 Å². The van der Waals surface area contributed by atoms with Crippen molar-refractivity contribution < 1.29 is 24.3 Å². The maximum absolute atomic E-state index is 11.8.